The second-order valence-corrected chi connectivity index (χ2v) is 4.49. The van der Waals surface area contributed by atoms with Crippen molar-refractivity contribution in [2.24, 2.45) is 0 Å². The number of carbonyl (C=O) groups is 4. The average molecular weight is 334 g/mol. The summed E-state index contributed by atoms with van der Waals surface area (Å²) in [5.41, 5.74) is 0. The Morgan fingerprint density at radius 1 is 1.20 bits per heavy atom. The number of carboxylic acid groups (broad SMARTS) is 1. The molecule has 0 aromatic carbocycles. The van der Waals surface area contributed by atoms with E-state index in [9.17, 15) is 24.3 Å². The van der Waals surface area contributed by atoms with Crippen LogP contribution in [0.25, 0.3) is 0 Å². The Hall–Kier alpha value is -1.38. The maximum absolute atomic E-state index is 10.3. The Labute approximate surface area is 90.6 Å². The average Bonchev–Trinajstić information content (AvgIpc) is 2.31. The van der Waals surface area contributed by atoms with Crippen molar-refractivity contribution >= 4 is 45.3 Å². The first-order chi connectivity index (χ1) is 6.00. The molecule has 6 N–H and O–H groups in total. The molecular formula is C4H6NO9Sb. The summed E-state index contributed by atoms with van der Waals surface area (Å²) in [5.74, 6) is -6.38. The van der Waals surface area contributed by atoms with Crippen molar-refractivity contribution < 1.29 is 38.8 Å². The van der Waals surface area contributed by atoms with Crippen LogP contribution in [0.2, 0.25) is 0 Å². The molecule has 0 bridgehead atoms. The molecule has 0 atom stereocenters. The summed E-state index contributed by atoms with van der Waals surface area (Å²) in [5, 5.41) is 9.81. The summed E-state index contributed by atoms with van der Waals surface area (Å²) < 4.78 is 12.3. The van der Waals surface area contributed by atoms with Crippen LogP contribution in [-0.2, 0) is 28.2 Å². The fourth-order valence-electron chi connectivity index (χ4n) is 0.371. The van der Waals surface area contributed by atoms with E-state index in [0.717, 1.165) is 0 Å². The zero-order valence-electron chi connectivity index (χ0n) is 7.21. The first-order valence-electron chi connectivity index (χ1n) is 2.68. The molecule has 86 valence electrons. The van der Waals surface area contributed by atoms with Gasteiger partial charge in [-0.1, -0.05) is 0 Å². The first kappa shape index (κ1) is 16.1. The van der Waals surface area contributed by atoms with Gasteiger partial charge in [0.15, 0.2) is 0 Å². The Kier molecular flexibility index (Phi) is 6.60. The van der Waals surface area contributed by atoms with Gasteiger partial charge in [0, 0.05) is 0 Å². The van der Waals surface area contributed by atoms with Crippen LogP contribution in [0.15, 0.2) is 0 Å². The molecule has 0 aromatic rings. The minimum absolute atomic E-state index is 0. The Balaban J connectivity index is 0. The summed E-state index contributed by atoms with van der Waals surface area (Å²) >= 11 is -3.71. The van der Waals surface area contributed by atoms with Gasteiger partial charge in [0.25, 0.3) is 0 Å². The van der Waals surface area contributed by atoms with E-state index >= 15 is 0 Å². The number of hydrogen-bond acceptors (Lipinski definition) is 8. The summed E-state index contributed by atoms with van der Waals surface area (Å²) in [6.45, 7) is 0. The quantitative estimate of drug-likeness (QED) is 0.370. The summed E-state index contributed by atoms with van der Waals surface area (Å²) in [6.07, 6.45) is 0. The number of quaternary nitrogens is 1. The molecule has 1 heterocycles. The minimum atomic E-state index is -3.71. The van der Waals surface area contributed by atoms with Gasteiger partial charge in [0.05, 0.1) is 0 Å². The van der Waals surface area contributed by atoms with E-state index in [1.54, 1.807) is 0 Å². The summed E-state index contributed by atoms with van der Waals surface area (Å²) in [6, 6.07) is 0. The number of hydrogen-bond donors (Lipinski definition) is 1. The van der Waals surface area contributed by atoms with E-state index < -0.39 is 45.3 Å². The van der Waals surface area contributed by atoms with Crippen LogP contribution in [0.3, 0.4) is 0 Å². The monoisotopic (exact) mass is 333 g/mol. The third-order valence-corrected chi connectivity index (χ3v) is 3.50. The molecule has 1 saturated heterocycles. The van der Waals surface area contributed by atoms with E-state index in [1.807, 2.05) is 0 Å². The second-order valence-electron chi connectivity index (χ2n) is 1.65. The molecule has 0 aromatic heterocycles. The van der Waals surface area contributed by atoms with Gasteiger partial charge in [-0.05, 0) is 0 Å². The van der Waals surface area contributed by atoms with Crippen LogP contribution in [-0.4, -0.2) is 50.8 Å². The molecule has 15 heavy (non-hydrogen) atoms. The van der Waals surface area contributed by atoms with Crippen molar-refractivity contribution in [3.05, 3.63) is 0 Å². The van der Waals surface area contributed by atoms with Gasteiger partial charge < -0.3 is 11.6 Å². The molecule has 0 radical (unpaired) electrons. The summed E-state index contributed by atoms with van der Waals surface area (Å²) in [4.78, 5) is 40.8. The summed E-state index contributed by atoms with van der Waals surface area (Å²) in [7, 11) is 0. The second kappa shape index (κ2) is 6.17. The van der Waals surface area contributed by atoms with Gasteiger partial charge in [0.2, 0.25) is 0 Å². The number of carbonyl (C=O) groups excluding carboxylic acids is 4. The van der Waals surface area contributed by atoms with E-state index in [4.69, 9.17) is 0 Å². The number of rotatable bonds is 1. The molecule has 0 aliphatic carbocycles. The maximum Gasteiger partial charge on any atom is -0.369 e. The van der Waals surface area contributed by atoms with Crippen molar-refractivity contribution in [2.45, 2.75) is 0 Å². The molecule has 1 aliphatic heterocycles. The van der Waals surface area contributed by atoms with Crippen LogP contribution in [0, 0.1) is 0 Å². The minimum Gasteiger partial charge on any atom is -0.369 e. The van der Waals surface area contributed by atoms with Crippen LogP contribution >= 0.6 is 0 Å². The Bertz CT molecular complexity index is 284. The van der Waals surface area contributed by atoms with Crippen molar-refractivity contribution in [1.29, 1.82) is 0 Å². The first-order valence-corrected chi connectivity index (χ1v) is 5.81. The van der Waals surface area contributed by atoms with E-state index in [2.05, 4.69) is 9.05 Å². The SMILES string of the molecule is O.O=C([O-])C(=O)[O][Sb]1[O]C(=O)C(=O)[O]1.[NH4+]. The Morgan fingerprint density at radius 2 is 1.60 bits per heavy atom. The zero-order chi connectivity index (χ0) is 10.0. The van der Waals surface area contributed by atoms with Gasteiger partial charge in [-0.3, -0.25) is 0 Å². The predicted octanol–water partition coefficient (Wildman–Crippen LogP) is -4.08. The predicted molar refractivity (Wildman–Crippen MR) is 38.6 cm³/mol. The van der Waals surface area contributed by atoms with Crippen LogP contribution in [0.1, 0.15) is 0 Å². The van der Waals surface area contributed by atoms with E-state index in [1.165, 1.54) is 0 Å². The molecule has 0 saturated carbocycles. The van der Waals surface area contributed by atoms with Crippen molar-refractivity contribution in [2.75, 3.05) is 0 Å². The van der Waals surface area contributed by atoms with Crippen LogP contribution in [0.5, 0.6) is 0 Å². The standard InChI is InChI=1S/2C2H2O4.H3N.H2O.Sb/c2*3-1(4)2(5)6;;;/h2*(H,3,4)(H,5,6);1H3;1H2;/q;;;;+3/p-3. The normalized spacial score (nSPS) is 14.1. The number of carboxylic acids is 1. The van der Waals surface area contributed by atoms with Crippen molar-refractivity contribution in [3.63, 3.8) is 0 Å². The molecule has 11 heteroatoms. The van der Waals surface area contributed by atoms with Crippen LogP contribution in [0.4, 0.5) is 0 Å². The van der Waals surface area contributed by atoms with Crippen molar-refractivity contribution in [3.8, 4) is 0 Å². The molecule has 10 nitrogen and oxygen atoms in total. The molecule has 1 aliphatic rings. The smallest absolute Gasteiger partial charge is 0.369 e. The molecule has 1 rings (SSSR count). The fraction of sp³-hybridized carbons (Fsp3) is 0. The van der Waals surface area contributed by atoms with Gasteiger partial charge in [-0.25, -0.2) is 0 Å². The maximum atomic E-state index is 10.3. The third kappa shape index (κ3) is 4.10. The van der Waals surface area contributed by atoms with Crippen LogP contribution < -0.4 is 11.3 Å². The van der Waals surface area contributed by atoms with Gasteiger partial charge in [-0.2, -0.15) is 0 Å². The molecule has 0 unspecified atom stereocenters. The number of aliphatic carboxylic acids is 1. The van der Waals surface area contributed by atoms with Gasteiger partial charge in [0.1, 0.15) is 0 Å². The molecule has 0 amide bonds. The van der Waals surface area contributed by atoms with E-state index in [-0.39, 0.29) is 11.6 Å². The van der Waals surface area contributed by atoms with Gasteiger partial charge >= 0.3 is 78.7 Å². The molecular weight excluding hydrogens is 328 g/mol. The van der Waals surface area contributed by atoms with Gasteiger partial charge in [-0.15, -0.1) is 0 Å². The molecule has 0 spiro atoms. The Morgan fingerprint density at radius 3 is 1.93 bits per heavy atom. The zero-order valence-corrected chi connectivity index (χ0v) is 9.77. The molecule has 1 fully saturated rings. The topological polar surface area (TPSA) is 187 Å². The largest absolute Gasteiger partial charge is 0.369 e. The van der Waals surface area contributed by atoms with E-state index in [0.29, 0.717) is 0 Å². The third-order valence-electron chi connectivity index (χ3n) is 0.806. The van der Waals surface area contributed by atoms with Crippen molar-refractivity contribution in [1.82, 2.24) is 6.15 Å². The fourth-order valence-corrected chi connectivity index (χ4v) is 2.49.